The van der Waals surface area contributed by atoms with Gasteiger partial charge >= 0.3 is 5.69 Å². The maximum Gasteiger partial charge on any atom is 0.313 e. The maximum absolute atomic E-state index is 11.0. The first-order chi connectivity index (χ1) is 8.09. The molecule has 5 heteroatoms. The van der Waals surface area contributed by atoms with Gasteiger partial charge in [-0.2, -0.15) is 0 Å². The Balaban J connectivity index is 2.26. The fourth-order valence-corrected chi connectivity index (χ4v) is 2.17. The summed E-state index contributed by atoms with van der Waals surface area (Å²) >= 11 is 0. The number of hydrogen-bond acceptors (Lipinski definition) is 4. The van der Waals surface area contributed by atoms with Crippen molar-refractivity contribution in [3.8, 4) is 5.75 Å². The summed E-state index contributed by atoms with van der Waals surface area (Å²) < 4.78 is 5.57. The van der Waals surface area contributed by atoms with Gasteiger partial charge in [0.15, 0.2) is 5.75 Å². The molecular formula is C12H15NO4. The Morgan fingerprint density at radius 1 is 1.47 bits per heavy atom. The number of aliphatic hydroxyl groups is 1. The molecule has 1 aliphatic carbocycles. The minimum Gasteiger partial charge on any atom is -0.481 e. The molecule has 0 saturated heterocycles. The molecule has 1 aromatic carbocycles. The Morgan fingerprint density at radius 2 is 2.24 bits per heavy atom. The molecule has 0 unspecified atom stereocenters. The molecule has 5 nitrogen and oxygen atoms in total. The van der Waals surface area contributed by atoms with E-state index >= 15 is 0 Å². The number of aliphatic hydroxyl groups excluding tert-OH is 1. The molecule has 0 radical (unpaired) electrons. The first-order valence-electron chi connectivity index (χ1n) is 5.68. The highest BCUT2D eigenvalue weighted by Gasteiger charge is 2.29. The highest BCUT2D eigenvalue weighted by atomic mass is 16.6. The van der Waals surface area contributed by atoms with Crippen molar-refractivity contribution >= 4 is 5.69 Å². The number of aryl methyl sites for hydroxylation is 1. The second-order valence-electron chi connectivity index (χ2n) is 4.33. The number of benzene rings is 1. The summed E-state index contributed by atoms with van der Waals surface area (Å²) in [5, 5.41) is 20.6. The lowest BCUT2D eigenvalue weighted by Gasteiger charge is -2.17. The second kappa shape index (κ2) is 4.71. The fraction of sp³-hybridized carbons (Fsp3) is 0.500. The standard InChI is InChI=1S/C12H15NO4/c1-8-4-2-7-11(12(8)13(15)16)17-10-6-3-5-9(10)14/h2,4,7,9-10,14H,3,5-6H2,1H3/t9-,10-/m1/s1. The van der Waals surface area contributed by atoms with Crippen LogP contribution in [0.3, 0.4) is 0 Å². The Morgan fingerprint density at radius 3 is 2.82 bits per heavy atom. The molecule has 17 heavy (non-hydrogen) atoms. The van der Waals surface area contributed by atoms with Gasteiger partial charge in [-0.05, 0) is 32.3 Å². The number of nitro groups is 1. The minimum atomic E-state index is -0.518. The average molecular weight is 237 g/mol. The fourth-order valence-electron chi connectivity index (χ4n) is 2.17. The molecule has 1 saturated carbocycles. The van der Waals surface area contributed by atoms with Crippen molar-refractivity contribution in [2.24, 2.45) is 0 Å². The normalized spacial score (nSPS) is 23.6. The van der Waals surface area contributed by atoms with E-state index in [1.807, 2.05) is 0 Å². The van der Waals surface area contributed by atoms with Crippen LogP contribution in [0.25, 0.3) is 0 Å². The number of nitro benzene ring substituents is 1. The Kier molecular flexibility index (Phi) is 3.28. The van der Waals surface area contributed by atoms with Crippen molar-refractivity contribution < 1.29 is 14.8 Å². The molecule has 1 aromatic rings. The molecule has 92 valence electrons. The van der Waals surface area contributed by atoms with Gasteiger partial charge in [0.25, 0.3) is 0 Å². The van der Waals surface area contributed by atoms with Crippen LogP contribution in [0.5, 0.6) is 5.75 Å². The van der Waals surface area contributed by atoms with Gasteiger partial charge < -0.3 is 9.84 Å². The smallest absolute Gasteiger partial charge is 0.313 e. The van der Waals surface area contributed by atoms with Gasteiger partial charge in [-0.15, -0.1) is 0 Å². The van der Waals surface area contributed by atoms with E-state index in [1.54, 1.807) is 25.1 Å². The van der Waals surface area contributed by atoms with Crippen molar-refractivity contribution in [3.63, 3.8) is 0 Å². The van der Waals surface area contributed by atoms with Crippen LogP contribution in [0, 0.1) is 17.0 Å². The minimum absolute atomic E-state index is 0.00778. The molecule has 1 aliphatic rings. The second-order valence-corrected chi connectivity index (χ2v) is 4.33. The molecule has 0 aromatic heterocycles. The van der Waals surface area contributed by atoms with Crippen molar-refractivity contribution in [2.45, 2.75) is 38.4 Å². The average Bonchev–Trinajstić information content (AvgIpc) is 2.64. The molecule has 0 bridgehead atoms. The van der Waals surface area contributed by atoms with Crippen LogP contribution in [-0.4, -0.2) is 22.2 Å². The molecule has 2 atom stereocenters. The van der Waals surface area contributed by atoms with E-state index in [0.717, 1.165) is 12.8 Å². The van der Waals surface area contributed by atoms with Crippen molar-refractivity contribution in [3.05, 3.63) is 33.9 Å². The summed E-state index contributed by atoms with van der Waals surface area (Å²) in [4.78, 5) is 10.5. The van der Waals surface area contributed by atoms with Crippen molar-refractivity contribution in [1.29, 1.82) is 0 Å². The molecule has 0 heterocycles. The Labute approximate surface area is 99.2 Å². The predicted octanol–water partition coefficient (Wildman–Crippen LogP) is 2.20. The van der Waals surface area contributed by atoms with E-state index in [4.69, 9.17) is 4.74 Å². The van der Waals surface area contributed by atoms with Crippen LogP contribution in [-0.2, 0) is 0 Å². The highest BCUT2D eigenvalue weighted by Crippen LogP contribution is 2.33. The summed E-state index contributed by atoms with van der Waals surface area (Å²) in [6, 6.07) is 4.98. The van der Waals surface area contributed by atoms with Crippen LogP contribution < -0.4 is 4.74 Å². The van der Waals surface area contributed by atoms with E-state index in [-0.39, 0.29) is 17.5 Å². The number of para-hydroxylation sites is 1. The maximum atomic E-state index is 11.0. The zero-order valence-corrected chi connectivity index (χ0v) is 9.63. The SMILES string of the molecule is Cc1cccc(O[C@@H]2CCC[C@H]2O)c1[N+](=O)[O-]. The topological polar surface area (TPSA) is 72.6 Å². The molecule has 1 fully saturated rings. The van der Waals surface area contributed by atoms with Crippen molar-refractivity contribution in [2.75, 3.05) is 0 Å². The third-order valence-electron chi connectivity index (χ3n) is 3.08. The van der Waals surface area contributed by atoms with Gasteiger partial charge in [0.2, 0.25) is 0 Å². The monoisotopic (exact) mass is 237 g/mol. The van der Waals surface area contributed by atoms with Gasteiger partial charge in [-0.25, -0.2) is 0 Å². The van der Waals surface area contributed by atoms with Crippen LogP contribution in [0.1, 0.15) is 24.8 Å². The first-order valence-corrected chi connectivity index (χ1v) is 5.68. The lowest BCUT2D eigenvalue weighted by Crippen LogP contribution is -2.26. The zero-order chi connectivity index (χ0) is 12.4. The summed E-state index contributed by atoms with van der Waals surface area (Å²) in [7, 11) is 0. The van der Waals surface area contributed by atoms with E-state index in [1.165, 1.54) is 0 Å². The van der Waals surface area contributed by atoms with Gasteiger partial charge in [0.05, 0.1) is 11.0 Å². The third-order valence-corrected chi connectivity index (χ3v) is 3.08. The molecule has 1 N–H and O–H groups in total. The van der Waals surface area contributed by atoms with E-state index in [0.29, 0.717) is 12.0 Å². The molecule has 2 rings (SSSR count). The quantitative estimate of drug-likeness (QED) is 0.646. The van der Waals surface area contributed by atoms with Crippen LogP contribution in [0.15, 0.2) is 18.2 Å². The third kappa shape index (κ3) is 2.39. The lowest BCUT2D eigenvalue weighted by atomic mass is 10.2. The van der Waals surface area contributed by atoms with Gasteiger partial charge in [0.1, 0.15) is 6.10 Å². The predicted molar refractivity (Wildman–Crippen MR) is 62.1 cm³/mol. The largest absolute Gasteiger partial charge is 0.481 e. The molecule has 0 aliphatic heterocycles. The van der Waals surface area contributed by atoms with Gasteiger partial charge in [-0.3, -0.25) is 10.1 Å². The van der Waals surface area contributed by atoms with Gasteiger partial charge in [-0.1, -0.05) is 12.1 Å². The van der Waals surface area contributed by atoms with Crippen LogP contribution >= 0.6 is 0 Å². The van der Waals surface area contributed by atoms with E-state index in [9.17, 15) is 15.2 Å². The number of hydrogen-bond donors (Lipinski definition) is 1. The van der Waals surface area contributed by atoms with E-state index < -0.39 is 11.0 Å². The first kappa shape index (κ1) is 11.9. The van der Waals surface area contributed by atoms with E-state index in [2.05, 4.69) is 0 Å². The Hall–Kier alpha value is -1.62. The number of nitrogens with zero attached hydrogens (tertiary/aromatic N) is 1. The number of rotatable bonds is 3. The summed E-state index contributed by atoms with van der Waals surface area (Å²) in [6.45, 7) is 1.68. The van der Waals surface area contributed by atoms with Crippen molar-refractivity contribution in [1.82, 2.24) is 0 Å². The summed E-state index contributed by atoms with van der Waals surface area (Å²) in [6.07, 6.45) is 1.49. The number of ether oxygens (including phenoxy) is 1. The van der Waals surface area contributed by atoms with Gasteiger partial charge in [0, 0.05) is 5.56 Å². The summed E-state index contributed by atoms with van der Waals surface area (Å²) in [5.74, 6) is 0.251. The van der Waals surface area contributed by atoms with Crippen LogP contribution in [0.4, 0.5) is 5.69 Å². The lowest BCUT2D eigenvalue weighted by molar-refractivity contribution is -0.386. The molecule has 0 spiro atoms. The summed E-state index contributed by atoms with van der Waals surface area (Å²) in [5.41, 5.74) is 0.562. The highest BCUT2D eigenvalue weighted by molar-refractivity contribution is 5.52. The molecule has 0 amide bonds. The molecular weight excluding hydrogens is 222 g/mol. The van der Waals surface area contributed by atoms with Crippen LogP contribution in [0.2, 0.25) is 0 Å². The zero-order valence-electron chi connectivity index (χ0n) is 9.63. The Bertz CT molecular complexity index is 433.